The van der Waals surface area contributed by atoms with Crippen LogP contribution in [-0.4, -0.2) is 13.7 Å². The molecule has 0 fully saturated rings. The van der Waals surface area contributed by atoms with Gasteiger partial charge < -0.3 is 14.3 Å². The molecule has 0 bridgehead atoms. The molecule has 1 N–H and O–H groups in total. The van der Waals surface area contributed by atoms with E-state index in [2.05, 4.69) is 5.09 Å². The maximum absolute atomic E-state index is 13.0. The van der Waals surface area contributed by atoms with Crippen LogP contribution in [0.25, 0.3) is 0 Å². The van der Waals surface area contributed by atoms with Crippen LogP contribution in [0, 0.1) is 0 Å². The van der Waals surface area contributed by atoms with Gasteiger partial charge in [0.15, 0.2) is 0 Å². The van der Waals surface area contributed by atoms with E-state index in [1.807, 2.05) is 61.5 Å². The first kappa shape index (κ1) is 16.0. The SMILES string of the molecule is CCOP(=O)(Nc1ccccc1OC)Sc1ccccc1. The summed E-state index contributed by atoms with van der Waals surface area (Å²) in [6, 6.07) is 16.9. The summed E-state index contributed by atoms with van der Waals surface area (Å²) in [5, 5.41) is 3.00. The molecule has 0 amide bonds. The van der Waals surface area contributed by atoms with Crippen molar-refractivity contribution in [2.24, 2.45) is 0 Å². The highest BCUT2D eigenvalue weighted by Crippen LogP contribution is 2.62. The van der Waals surface area contributed by atoms with Crippen molar-refractivity contribution < 1.29 is 13.8 Å². The number of rotatable bonds is 7. The average Bonchev–Trinajstić information content (AvgIpc) is 2.48. The Kier molecular flexibility index (Phi) is 5.74. The van der Waals surface area contributed by atoms with Gasteiger partial charge in [-0.25, -0.2) is 0 Å². The molecule has 21 heavy (non-hydrogen) atoms. The van der Waals surface area contributed by atoms with Crippen LogP contribution in [-0.2, 0) is 9.09 Å². The van der Waals surface area contributed by atoms with Gasteiger partial charge in [-0.05, 0) is 42.6 Å². The molecule has 0 aliphatic carbocycles. The smallest absolute Gasteiger partial charge is 0.355 e. The Hall–Kier alpha value is -1.42. The number of para-hydroxylation sites is 2. The van der Waals surface area contributed by atoms with Crippen LogP contribution in [0.2, 0.25) is 0 Å². The van der Waals surface area contributed by atoms with Gasteiger partial charge in [0.1, 0.15) is 5.75 Å². The third-order valence-corrected chi connectivity index (χ3v) is 6.41. The lowest BCUT2D eigenvalue weighted by molar-refractivity contribution is 0.349. The van der Waals surface area contributed by atoms with Crippen molar-refractivity contribution in [3.63, 3.8) is 0 Å². The van der Waals surface area contributed by atoms with Crippen LogP contribution < -0.4 is 9.82 Å². The Morgan fingerprint density at radius 1 is 1.10 bits per heavy atom. The molecule has 0 aliphatic rings. The molecular weight excluding hydrogens is 305 g/mol. The van der Waals surface area contributed by atoms with Crippen LogP contribution in [0.4, 0.5) is 5.69 Å². The van der Waals surface area contributed by atoms with Crippen molar-refractivity contribution in [3.05, 3.63) is 54.6 Å². The number of benzene rings is 2. The Bertz CT molecular complexity index is 621. The summed E-state index contributed by atoms with van der Waals surface area (Å²) in [4.78, 5) is 0.886. The zero-order valence-electron chi connectivity index (χ0n) is 12.0. The molecular formula is C15H18NO3PS. The van der Waals surface area contributed by atoms with Crippen LogP contribution >= 0.6 is 18.1 Å². The molecule has 112 valence electrons. The first-order valence-corrected chi connectivity index (χ1v) is 9.62. The molecule has 2 aromatic rings. The Morgan fingerprint density at radius 2 is 1.76 bits per heavy atom. The number of hydrogen-bond donors (Lipinski definition) is 1. The Morgan fingerprint density at radius 3 is 2.43 bits per heavy atom. The fourth-order valence-corrected chi connectivity index (χ4v) is 5.40. The first-order valence-electron chi connectivity index (χ1n) is 6.57. The Balaban J connectivity index is 2.23. The monoisotopic (exact) mass is 323 g/mol. The molecule has 6 heteroatoms. The van der Waals surface area contributed by atoms with Crippen LogP contribution in [0.3, 0.4) is 0 Å². The van der Waals surface area contributed by atoms with Gasteiger partial charge in [0, 0.05) is 4.90 Å². The predicted molar refractivity (Wildman–Crippen MR) is 88.1 cm³/mol. The summed E-state index contributed by atoms with van der Waals surface area (Å²) in [6.07, 6.45) is 0. The molecule has 0 saturated carbocycles. The van der Waals surface area contributed by atoms with Crippen molar-refractivity contribution in [2.75, 3.05) is 18.8 Å². The summed E-state index contributed by atoms with van der Waals surface area (Å²) >= 11 is 1.20. The van der Waals surface area contributed by atoms with Gasteiger partial charge in [-0.1, -0.05) is 30.3 Å². The van der Waals surface area contributed by atoms with Gasteiger partial charge in [0.05, 0.1) is 19.4 Å². The van der Waals surface area contributed by atoms with E-state index < -0.39 is 6.72 Å². The van der Waals surface area contributed by atoms with Gasteiger partial charge in [0.25, 0.3) is 0 Å². The van der Waals surface area contributed by atoms with Gasteiger partial charge in [-0.3, -0.25) is 4.57 Å². The number of anilines is 1. The molecule has 0 aromatic heterocycles. The standard InChI is InChI=1S/C15H18NO3PS/c1-3-19-20(17,21-13-9-5-4-6-10-13)16-14-11-7-8-12-15(14)18-2/h4-12H,3H2,1-2H3,(H,16,17). The van der Waals surface area contributed by atoms with Crippen molar-refractivity contribution in [3.8, 4) is 5.75 Å². The molecule has 1 unspecified atom stereocenters. The zero-order valence-corrected chi connectivity index (χ0v) is 13.7. The molecule has 1 atom stereocenters. The first-order chi connectivity index (χ1) is 10.2. The van der Waals surface area contributed by atoms with Crippen molar-refractivity contribution >= 4 is 23.8 Å². The third kappa shape index (κ3) is 4.53. The maximum Gasteiger partial charge on any atom is 0.355 e. The molecule has 0 spiro atoms. The lowest BCUT2D eigenvalue weighted by atomic mass is 10.3. The maximum atomic E-state index is 13.0. The topological polar surface area (TPSA) is 47.6 Å². The van der Waals surface area contributed by atoms with E-state index in [1.165, 1.54) is 11.4 Å². The number of nitrogens with one attached hydrogen (secondary N) is 1. The van der Waals surface area contributed by atoms with Gasteiger partial charge >= 0.3 is 6.72 Å². The van der Waals surface area contributed by atoms with E-state index in [4.69, 9.17) is 9.26 Å². The largest absolute Gasteiger partial charge is 0.495 e. The lowest BCUT2D eigenvalue weighted by Gasteiger charge is -2.20. The zero-order chi connectivity index (χ0) is 15.1. The predicted octanol–water partition coefficient (Wildman–Crippen LogP) is 5.04. The average molecular weight is 323 g/mol. The molecule has 2 aromatic carbocycles. The van der Waals surface area contributed by atoms with Crippen LogP contribution in [0.15, 0.2) is 59.5 Å². The minimum atomic E-state index is -3.12. The van der Waals surface area contributed by atoms with E-state index in [9.17, 15) is 4.57 Å². The number of hydrogen-bond acceptors (Lipinski definition) is 4. The van der Waals surface area contributed by atoms with Gasteiger partial charge in [-0.2, -0.15) is 0 Å². The van der Waals surface area contributed by atoms with E-state index in [0.29, 0.717) is 18.0 Å². The summed E-state index contributed by atoms with van der Waals surface area (Å²) in [7, 11) is 1.58. The summed E-state index contributed by atoms with van der Waals surface area (Å²) < 4.78 is 23.8. The summed E-state index contributed by atoms with van der Waals surface area (Å²) in [6.45, 7) is -0.935. The lowest BCUT2D eigenvalue weighted by Crippen LogP contribution is -2.00. The minimum Gasteiger partial charge on any atom is -0.495 e. The van der Waals surface area contributed by atoms with Crippen molar-refractivity contribution in [2.45, 2.75) is 11.8 Å². The van der Waals surface area contributed by atoms with Gasteiger partial charge in [0.2, 0.25) is 0 Å². The van der Waals surface area contributed by atoms with Crippen LogP contribution in [0.5, 0.6) is 5.75 Å². The fraction of sp³-hybridized carbons (Fsp3) is 0.200. The summed E-state index contributed by atoms with van der Waals surface area (Å²) in [5.74, 6) is 0.631. The van der Waals surface area contributed by atoms with Crippen molar-refractivity contribution in [1.29, 1.82) is 0 Å². The van der Waals surface area contributed by atoms with E-state index in [-0.39, 0.29) is 0 Å². The fourth-order valence-electron chi connectivity index (χ4n) is 1.76. The quantitative estimate of drug-likeness (QED) is 0.723. The normalized spacial score (nSPS) is 13.4. The second-order valence-corrected chi connectivity index (χ2v) is 8.25. The molecule has 0 radical (unpaired) electrons. The van der Waals surface area contributed by atoms with E-state index in [1.54, 1.807) is 7.11 Å². The Labute approximate surface area is 129 Å². The third-order valence-electron chi connectivity index (χ3n) is 2.63. The van der Waals surface area contributed by atoms with E-state index in [0.717, 1.165) is 4.90 Å². The molecule has 0 heterocycles. The molecule has 4 nitrogen and oxygen atoms in total. The number of ether oxygens (including phenoxy) is 1. The number of methoxy groups -OCH3 is 1. The van der Waals surface area contributed by atoms with Crippen molar-refractivity contribution in [1.82, 2.24) is 0 Å². The van der Waals surface area contributed by atoms with Crippen LogP contribution in [0.1, 0.15) is 6.92 Å². The highest BCUT2D eigenvalue weighted by atomic mass is 32.7. The molecule has 2 rings (SSSR count). The highest BCUT2D eigenvalue weighted by Gasteiger charge is 2.26. The second kappa shape index (κ2) is 7.55. The highest BCUT2D eigenvalue weighted by molar-refractivity contribution is 8.57. The molecule has 0 saturated heterocycles. The van der Waals surface area contributed by atoms with Gasteiger partial charge in [-0.15, -0.1) is 0 Å². The molecule has 0 aliphatic heterocycles. The summed E-state index contributed by atoms with van der Waals surface area (Å²) in [5.41, 5.74) is 0.653. The second-order valence-electron chi connectivity index (χ2n) is 4.13. The van der Waals surface area contributed by atoms with E-state index >= 15 is 0 Å². The minimum absolute atomic E-state index is 0.360.